The number of nitrogen functional groups attached to an aromatic ring is 1. The molecule has 0 amide bonds. The lowest BCUT2D eigenvalue weighted by Gasteiger charge is -2.39. The van der Waals surface area contributed by atoms with E-state index < -0.39 is 0 Å². The van der Waals surface area contributed by atoms with Gasteiger partial charge in [-0.1, -0.05) is 6.42 Å². The molecule has 2 unspecified atom stereocenters. The van der Waals surface area contributed by atoms with Crippen molar-refractivity contribution in [3.05, 3.63) is 18.3 Å². The van der Waals surface area contributed by atoms with E-state index in [1.807, 2.05) is 6.07 Å². The van der Waals surface area contributed by atoms with E-state index in [1.54, 1.807) is 12.3 Å². The van der Waals surface area contributed by atoms with Crippen LogP contribution in [0, 0.1) is 0 Å². The second-order valence-corrected chi connectivity index (χ2v) is 4.62. The molecular formula is C12H20N4. The molecule has 2 heterocycles. The van der Waals surface area contributed by atoms with Crippen LogP contribution in [0.25, 0.3) is 0 Å². The van der Waals surface area contributed by atoms with Crippen molar-refractivity contribution in [2.24, 2.45) is 0 Å². The van der Waals surface area contributed by atoms with E-state index in [0.29, 0.717) is 12.1 Å². The van der Waals surface area contributed by atoms with Crippen LogP contribution in [0.1, 0.15) is 33.1 Å². The summed E-state index contributed by atoms with van der Waals surface area (Å²) in [5, 5.41) is 2.28. The van der Waals surface area contributed by atoms with Crippen molar-refractivity contribution in [1.82, 2.24) is 9.99 Å². The van der Waals surface area contributed by atoms with Crippen LogP contribution in [0.4, 0.5) is 11.5 Å². The third kappa shape index (κ3) is 2.44. The van der Waals surface area contributed by atoms with Crippen molar-refractivity contribution in [2.45, 2.75) is 45.2 Å². The highest BCUT2D eigenvalue weighted by molar-refractivity contribution is 5.47. The fourth-order valence-electron chi connectivity index (χ4n) is 2.28. The molecule has 0 aromatic carbocycles. The fraction of sp³-hybridized carbons (Fsp3) is 0.583. The van der Waals surface area contributed by atoms with Crippen LogP contribution >= 0.6 is 0 Å². The number of piperidine rings is 1. The molecule has 4 nitrogen and oxygen atoms in total. The van der Waals surface area contributed by atoms with E-state index in [1.165, 1.54) is 19.3 Å². The predicted octanol–water partition coefficient (Wildman–Crippen LogP) is 2.25. The Kier molecular flexibility index (Phi) is 3.29. The summed E-state index contributed by atoms with van der Waals surface area (Å²) in [5.41, 5.74) is 9.84. The number of hydrazine groups is 1. The molecule has 1 aliphatic heterocycles. The van der Waals surface area contributed by atoms with Crippen molar-refractivity contribution in [2.75, 3.05) is 11.2 Å². The maximum atomic E-state index is 5.73. The minimum Gasteiger partial charge on any atom is -0.399 e. The van der Waals surface area contributed by atoms with E-state index in [2.05, 4.69) is 29.3 Å². The number of hydrogen-bond acceptors (Lipinski definition) is 4. The van der Waals surface area contributed by atoms with Crippen LogP contribution in [0.15, 0.2) is 18.3 Å². The Hall–Kier alpha value is -1.29. The summed E-state index contributed by atoms with van der Waals surface area (Å²) in [6, 6.07) is 4.77. The summed E-state index contributed by atoms with van der Waals surface area (Å²) in [6.07, 6.45) is 5.52. The summed E-state index contributed by atoms with van der Waals surface area (Å²) in [5.74, 6) is 0.834. The molecule has 0 saturated carbocycles. The molecule has 0 radical (unpaired) electrons. The van der Waals surface area contributed by atoms with Gasteiger partial charge in [0, 0.05) is 30.0 Å². The SMILES string of the molecule is CC1CCCC(C)N1Nc1cc(N)ccn1. The van der Waals surface area contributed by atoms with Gasteiger partial charge in [0.1, 0.15) is 5.82 Å². The highest BCUT2D eigenvalue weighted by Gasteiger charge is 2.24. The third-order valence-electron chi connectivity index (χ3n) is 3.22. The van der Waals surface area contributed by atoms with Gasteiger partial charge in [0.05, 0.1) is 0 Å². The minimum atomic E-state index is 0.548. The summed E-state index contributed by atoms with van der Waals surface area (Å²) < 4.78 is 0. The summed E-state index contributed by atoms with van der Waals surface area (Å²) in [4.78, 5) is 4.27. The first-order valence-corrected chi connectivity index (χ1v) is 5.93. The standard InChI is InChI=1S/C12H20N4/c1-9-4-3-5-10(2)16(9)15-12-8-11(13)6-7-14-12/h6-10H,3-5H2,1-2H3,(H3,13,14,15). The quantitative estimate of drug-likeness (QED) is 0.802. The number of aromatic nitrogens is 1. The maximum Gasteiger partial charge on any atom is 0.142 e. The molecule has 4 heteroatoms. The lowest BCUT2D eigenvalue weighted by atomic mass is 10.00. The molecular weight excluding hydrogens is 200 g/mol. The van der Waals surface area contributed by atoms with Gasteiger partial charge in [0.25, 0.3) is 0 Å². The van der Waals surface area contributed by atoms with E-state index in [4.69, 9.17) is 5.73 Å². The van der Waals surface area contributed by atoms with Gasteiger partial charge >= 0.3 is 0 Å². The number of pyridine rings is 1. The van der Waals surface area contributed by atoms with E-state index in [0.717, 1.165) is 11.5 Å². The van der Waals surface area contributed by atoms with Crippen molar-refractivity contribution in [3.8, 4) is 0 Å². The highest BCUT2D eigenvalue weighted by atomic mass is 15.5. The third-order valence-corrected chi connectivity index (χ3v) is 3.22. The van der Waals surface area contributed by atoms with E-state index in [9.17, 15) is 0 Å². The second-order valence-electron chi connectivity index (χ2n) is 4.62. The maximum absolute atomic E-state index is 5.73. The molecule has 0 aliphatic carbocycles. The van der Waals surface area contributed by atoms with Crippen molar-refractivity contribution >= 4 is 11.5 Å². The van der Waals surface area contributed by atoms with Crippen molar-refractivity contribution in [3.63, 3.8) is 0 Å². The molecule has 0 spiro atoms. The number of anilines is 2. The van der Waals surface area contributed by atoms with Crippen LogP contribution in [0.3, 0.4) is 0 Å². The van der Waals surface area contributed by atoms with Gasteiger partial charge in [-0.3, -0.25) is 0 Å². The average molecular weight is 220 g/mol. The average Bonchev–Trinajstić information content (AvgIpc) is 2.24. The molecule has 1 fully saturated rings. The van der Waals surface area contributed by atoms with Gasteiger partial charge in [-0.25, -0.2) is 9.99 Å². The molecule has 1 aromatic rings. The van der Waals surface area contributed by atoms with Crippen molar-refractivity contribution < 1.29 is 0 Å². The predicted molar refractivity (Wildman–Crippen MR) is 66.9 cm³/mol. The summed E-state index contributed by atoms with van der Waals surface area (Å²) in [6.45, 7) is 4.49. The van der Waals surface area contributed by atoms with E-state index in [-0.39, 0.29) is 0 Å². The summed E-state index contributed by atoms with van der Waals surface area (Å²) in [7, 11) is 0. The van der Waals surface area contributed by atoms with Gasteiger partial charge in [-0.15, -0.1) is 0 Å². The minimum absolute atomic E-state index is 0.548. The summed E-state index contributed by atoms with van der Waals surface area (Å²) >= 11 is 0. The van der Waals surface area contributed by atoms with Gasteiger partial charge in [-0.2, -0.15) is 0 Å². The monoisotopic (exact) mass is 220 g/mol. The molecule has 16 heavy (non-hydrogen) atoms. The molecule has 2 rings (SSSR count). The molecule has 2 atom stereocenters. The lowest BCUT2D eigenvalue weighted by Crippen LogP contribution is -2.47. The van der Waals surface area contributed by atoms with Crippen LogP contribution in [-0.2, 0) is 0 Å². The van der Waals surface area contributed by atoms with Gasteiger partial charge in [0.15, 0.2) is 0 Å². The van der Waals surface area contributed by atoms with Crippen LogP contribution in [0.2, 0.25) is 0 Å². The zero-order chi connectivity index (χ0) is 11.5. The van der Waals surface area contributed by atoms with Crippen LogP contribution < -0.4 is 11.2 Å². The smallest absolute Gasteiger partial charge is 0.142 e. The first kappa shape index (κ1) is 11.2. The van der Waals surface area contributed by atoms with Crippen molar-refractivity contribution in [1.29, 1.82) is 0 Å². The van der Waals surface area contributed by atoms with Gasteiger partial charge < -0.3 is 11.2 Å². The van der Waals surface area contributed by atoms with Crippen LogP contribution in [0.5, 0.6) is 0 Å². The Morgan fingerprint density at radius 3 is 2.69 bits per heavy atom. The lowest BCUT2D eigenvalue weighted by molar-refractivity contribution is 0.135. The number of rotatable bonds is 2. The number of nitrogens with one attached hydrogen (secondary N) is 1. The van der Waals surface area contributed by atoms with Gasteiger partial charge in [0.2, 0.25) is 0 Å². The fourth-order valence-corrected chi connectivity index (χ4v) is 2.28. The topological polar surface area (TPSA) is 54.2 Å². The zero-order valence-corrected chi connectivity index (χ0v) is 9.98. The largest absolute Gasteiger partial charge is 0.399 e. The molecule has 1 aliphatic rings. The van der Waals surface area contributed by atoms with E-state index >= 15 is 0 Å². The Bertz CT molecular complexity index is 343. The number of hydrogen-bond donors (Lipinski definition) is 2. The Morgan fingerprint density at radius 1 is 1.38 bits per heavy atom. The normalized spacial score (nSPS) is 26.6. The molecule has 88 valence electrons. The molecule has 1 aromatic heterocycles. The first-order valence-electron chi connectivity index (χ1n) is 5.93. The Balaban J connectivity index is 2.07. The Labute approximate surface area is 96.8 Å². The number of nitrogens with zero attached hydrogens (tertiary/aromatic N) is 2. The van der Waals surface area contributed by atoms with Gasteiger partial charge in [-0.05, 0) is 32.8 Å². The first-order chi connectivity index (χ1) is 7.66. The number of nitrogens with two attached hydrogens (primary N) is 1. The highest BCUT2D eigenvalue weighted by Crippen LogP contribution is 2.23. The Morgan fingerprint density at radius 2 is 2.06 bits per heavy atom. The zero-order valence-electron chi connectivity index (χ0n) is 9.98. The second kappa shape index (κ2) is 4.70. The molecule has 3 N–H and O–H groups in total. The molecule has 0 bridgehead atoms. The van der Waals surface area contributed by atoms with Crippen LogP contribution in [-0.4, -0.2) is 22.1 Å². The molecule has 1 saturated heterocycles.